The van der Waals surface area contributed by atoms with Crippen LogP contribution in [0.3, 0.4) is 0 Å². The highest BCUT2D eigenvalue weighted by Gasteiger charge is 2.48. The van der Waals surface area contributed by atoms with E-state index in [2.05, 4.69) is 6.58 Å². The maximum absolute atomic E-state index is 14.7. The molecule has 51 heavy (non-hydrogen) atoms. The minimum absolute atomic E-state index is 0.0236. The number of sulfonamides is 4. The number of hydrogen-bond acceptors (Lipinski definition) is 8. The molecule has 0 aromatic heterocycles. The first-order valence-electron chi connectivity index (χ1n) is 15.7. The van der Waals surface area contributed by atoms with Crippen LogP contribution in [-0.2, 0) is 40.1 Å². The zero-order valence-corrected chi connectivity index (χ0v) is 32.1. The quantitative estimate of drug-likeness (QED) is 0.134. The van der Waals surface area contributed by atoms with E-state index < -0.39 is 72.3 Å². The average Bonchev–Trinajstić information content (AvgIpc) is 3.07. The molecule has 0 bridgehead atoms. The van der Waals surface area contributed by atoms with Crippen molar-refractivity contribution in [3.05, 3.63) is 156 Å². The molecule has 0 amide bonds. The fraction of sp³-hybridized carbons (Fsp3) is 0.189. The molecule has 0 fully saturated rings. The van der Waals surface area contributed by atoms with Crippen LogP contribution < -0.4 is 0 Å². The normalized spacial score (nSPS) is 13.9. The lowest BCUT2D eigenvalue weighted by Gasteiger charge is -2.34. The van der Waals surface area contributed by atoms with Crippen molar-refractivity contribution in [3.8, 4) is 0 Å². The molecule has 10 nitrogen and oxygen atoms in total. The van der Waals surface area contributed by atoms with Gasteiger partial charge in [-0.2, -0.15) is 0 Å². The largest absolute Gasteiger partial charge is 0.256 e. The van der Waals surface area contributed by atoms with Crippen LogP contribution >= 0.6 is 0 Å². The van der Waals surface area contributed by atoms with Crippen LogP contribution in [0, 0.1) is 27.7 Å². The molecule has 0 saturated heterocycles. The van der Waals surface area contributed by atoms with Crippen molar-refractivity contribution in [3.63, 3.8) is 0 Å². The number of benzene rings is 4. The number of allylic oxidation sites excluding steroid dienone is 3. The molecule has 270 valence electrons. The smallest absolute Gasteiger partial charge is 0.206 e. The van der Waals surface area contributed by atoms with E-state index in [0.717, 1.165) is 0 Å². The fourth-order valence-corrected chi connectivity index (χ4v) is 12.7. The van der Waals surface area contributed by atoms with Gasteiger partial charge in [-0.3, -0.25) is 0 Å². The van der Waals surface area contributed by atoms with Crippen molar-refractivity contribution in [2.24, 2.45) is 0 Å². The van der Waals surface area contributed by atoms with Crippen LogP contribution in [0.15, 0.2) is 153 Å². The van der Waals surface area contributed by atoms with Crippen LogP contribution in [0.5, 0.6) is 0 Å². The second-order valence-corrected chi connectivity index (χ2v) is 19.7. The van der Waals surface area contributed by atoms with E-state index >= 15 is 0 Å². The van der Waals surface area contributed by atoms with Crippen molar-refractivity contribution in [2.45, 2.75) is 60.2 Å². The summed E-state index contributed by atoms with van der Waals surface area (Å²) in [7, 11) is -20.1. The first-order valence-corrected chi connectivity index (χ1v) is 21.4. The number of rotatable bonds is 14. The molecule has 1 atom stereocenters. The zero-order valence-electron chi connectivity index (χ0n) is 28.8. The maximum atomic E-state index is 14.7. The second kappa shape index (κ2) is 15.6. The third-order valence-electron chi connectivity index (χ3n) is 8.00. The Kier molecular flexibility index (Phi) is 12.1. The predicted molar refractivity (Wildman–Crippen MR) is 199 cm³/mol. The van der Waals surface area contributed by atoms with Gasteiger partial charge in [0.25, 0.3) is 40.1 Å². The van der Waals surface area contributed by atoms with Gasteiger partial charge in [-0.05, 0) is 88.7 Å². The Balaban J connectivity index is 2.13. The summed E-state index contributed by atoms with van der Waals surface area (Å²) >= 11 is 0. The molecule has 0 heterocycles. The van der Waals surface area contributed by atoms with Crippen LogP contribution in [0.25, 0.3) is 0 Å². The molecular formula is C37H40N2O8S4. The van der Waals surface area contributed by atoms with Gasteiger partial charge < -0.3 is 0 Å². The van der Waals surface area contributed by atoms with E-state index in [0.29, 0.717) is 22.3 Å². The summed E-state index contributed by atoms with van der Waals surface area (Å²) in [4.78, 5) is -1.63. The molecule has 0 radical (unpaired) electrons. The number of nitrogens with zero attached hydrogens (tertiary/aromatic N) is 2. The van der Waals surface area contributed by atoms with Crippen LogP contribution in [0.1, 0.15) is 29.2 Å². The molecule has 0 aliphatic rings. The molecule has 0 saturated carbocycles. The summed E-state index contributed by atoms with van der Waals surface area (Å²) in [5.41, 5.74) is 2.77. The molecule has 14 heteroatoms. The Morgan fingerprint density at radius 3 is 1.12 bits per heavy atom. The third-order valence-corrected chi connectivity index (χ3v) is 16.7. The Hall–Kier alpha value is -4.18. The van der Waals surface area contributed by atoms with Gasteiger partial charge in [0.05, 0.1) is 32.2 Å². The molecule has 0 aliphatic heterocycles. The predicted octanol–water partition coefficient (Wildman–Crippen LogP) is 6.44. The van der Waals surface area contributed by atoms with Crippen LogP contribution in [0.2, 0.25) is 0 Å². The van der Waals surface area contributed by atoms with E-state index in [-0.39, 0.29) is 13.0 Å². The lowest BCUT2D eigenvalue weighted by Crippen LogP contribution is -2.52. The van der Waals surface area contributed by atoms with Crippen molar-refractivity contribution in [2.75, 3.05) is 6.54 Å². The zero-order chi connectivity index (χ0) is 37.8. The Labute approximate surface area is 302 Å². The first kappa shape index (κ1) is 39.6. The topological polar surface area (TPSA) is 143 Å². The molecule has 4 aromatic rings. The van der Waals surface area contributed by atoms with Gasteiger partial charge in [-0.25, -0.2) is 33.7 Å². The molecule has 0 spiro atoms. The summed E-state index contributed by atoms with van der Waals surface area (Å²) in [6, 6.07) is 19.8. The molecular weight excluding hydrogens is 729 g/mol. The highest BCUT2D eigenvalue weighted by Crippen LogP contribution is 2.34. The van der Waals surface area contributed by atoms with Crippen molar-refractivity contribution in [1.82, 2.24) is 7.42 Å². The van der Waals surface area contributed by atoms with E-state index in [9.17, 15) is 33.7 Å². The molecule has 0 aliphatic carbocycles. The van der Waals surface area contributed by atoms with Gasteiger partial charge in [0, 0.05) is 0 Å². The summed E-state index contributed by atoms with van der Waals surface area (Å²) in [5, 5.41) is 0. The van der Waals surface area contributed by atoms with Gasteiger partial charge >= 0.3 is 0 Å². The first-order chi connectivity index (χ1) is 23.9. The summed E-state index contributed by atoms with van der Waals surface area (Å²) in [6.45, 7) is 10.9. The van der Waals surface area contributed by atoms with E-state index in [4.69, 9.17) is 0 Å². The second-order valence-electron chi connectivity index (χ2n) is 11.9. The lowest BCUT2D eigenvalue weighted by molar-refractivity contribution is 0.407. The molecule has 0 N–H and O–H groups in total. The van der Waals surface area contributed by atoms with E-state index in [1.165, 1.54) is 128 Å². The van der Waals surface area contributed by atoms with Gasteiger partial charge in [-0.1, -0.05) is 109 Å². The highest BCUT2D eigenvalue weighted by atomic mass is 32.3. The van der Waals surface area contributed by atoms with Gasteiger partial charge in [0.15, 0.2) is 0 Å². The van der Waals surface area contributed by atoms with E-state index in [1.807, 2.05) is 0 Å². The minimum Gasteiger partial charge on any atom is -0.206 e. The van der Waals surface area contributed by atoms with Gasteiger partial charge in [-0.15, -0.1) is 0 Å². The summed E-state index contributed by atoms with van der Waals surface area (Å²) in [5.74, 6) is 0. The lowest BCUT2D eigenvalue weighted by atomic mass is 10.1. The van der Waals surface area contributed by atoms with Crippen molar-refractivity contribution in [1.29, 1.82) is 0 Å². The fourth-order valence-electron chi connectivity index (χ4n) is 5.09. The van der Waals surface area contributed by atoms with Crippen LogP contribution in [0.4, 0.5) is 0 Å². The van der Waals surface area contributed by atoms with Crippen LogP contribution in [-0.4, -0.2) is 53.7 Å². The highest BCUT2D eigenvalue weighted by molar-refractivity contribution is 8.04. The maximum Gasteiger partial charge on any atom is 0.256 e. The molecule has 1 unspecified atom stereocenters. The Bertz CT molecular complexity index is 2230. The summed E-state index contributed by atoms with van der Waals surface area (Å²) < 4.78 is 117. The average molecular weight is 769 g/mol. The standard InChI is InChI=1S/C37H40N2O8S4/c1-7-9-10-32(8-2)37(39(50(44,45)35-23-15-30(5)16-24-35)51(46,47)36-25-17-31(6)18-26-36)27-38(48(40,41)33-19-11-28(3)12-20-33)49(42,43)34-21-13-29(4)14-22-34/h7-26,37H,1,27H2,2-6H3/b10-9-,32-8+. The number of aryl methyl sites for hydroxylation is 4. The Morgan fingerprint density at radius 1 is 0.549 bits per heavy atom. The van der Waals surface area contributed by atoms with Crippen molar-refractivity contribution < 1.29 is 33.7 Å². The van der Waals surface area contributed by atoms with Crippen molar-refractivity contribution >= 4 is 40.1 Å². The molecule has 4 rings (SSSR count). The number of hydrogen-bond donors (Lipinski definition) is 0. The monoisotopic (exact) mass is 768 g/mol. The SMILES string of the molecule is C=C/C=C\C(=C/C)C(CN(S(=O)(=O)c1ccc(C)cc1)S(=O)(=O)c1ccc(C)cc1)N(S(=O)(=O)c1ccc(C)cc1)S(=O)(=O)c1ccc(C)cc1. The van der Waals surface area contributed by atoms with E-state index in [1.54, 1.807) is 27.7 Å². The van der Waals surface area contributed by atoms with Gasteiger partial charge in [0.1, 0.15) is 0 Å². The van der Waals surface area contributed by atoms with Gasteiger partial charge in [0.2, 0.25) is 0 Å². The molecule has 4 aromatic carbocycles. The third kappa shape index (κ3) is 8.49. The minimum atomic E-state index is -5.06. The Morgan fingerprint density at radius 2 is 0.843 bits per heavy atom. The summed E-state index contributed by atoms with van der Waals surface area (Å²) in [6.07, 6.45) is 5.51.